The predicted octanol–water partition coefficient (Wildman–Crippen LogP) is 3.33. The fraction of sp³-hybridized carbons (Fsp3) is 0.455. The number of rotatable bonds is 0. The molecule has 0 heterocycles. The second-order valence-corrected chi connectivity index (χ2v) is 3.75. The van der Waals surface area contributed by atoms with Crippen LogP contribution in [0.1, 0.15) is 13.3 Å². The Kier molecular flexibility index (Phi) is 2.06. The normalized spacial score (nSPS) is 37.9. The van der Waals surface area contributed by atoms with Crippen LogP contribution >= 0.6 is 0 Å². The molecule has 0 fully saturated rings. The fourth-order valence-corrected chi connectivity index (χ4v) is 1.99. The monoisotopic (exact) mass is 182 g/mol. The van der Waals surface area contributed by atoms with Crippen LogP contribution < -0.4 is 0 Å². The summed E-state index contributed by atoms with van der Waals surface area (Å²) in [5.74, 6) is -0.132. The Bertz CT molecular complexity index is 299. The molecule has 0 nitrogen and oxygen atoms in total. The number of allylic oxidation sites excluding steroid dienone is 6. The zero-order valence-corrected chi connectivity index (χ0v) is 7.50. The lowest BCUT2D eigenvalue weighted by molar-refractivity contribution is 0.251. The lowest BCUT2D eigenvalue weighted by Gasteiger charge is -2.30. The number of alkyl halides is 1. The largest absolute Gasteiger partial charge is 0.240 e. The van der Waals surface area contributed by atoms with Crippen molar-refractivity contribution in [2.45, 2.75) is 19.5 Å². The molecular formula is C11H12F2. The topological polar surface area (TPSA) is 0 Å². The first-order valence-corrected chi connectivity index (χ1v) is 4.58. The van der Waals surface area contributed by atoms with E-state index in [1.807, 2.05) is 25.2 Å². The third-order valence-corrected chi connectivity index (χ3v) is 2.83. The highest BCUT2D eigenvalue weighted by atomic mass is 19.2. The van der Waals surface area contributed by atoms with Crippen LogP contribution in [0.4, 0.5) is 8.78 Å². The first-order valence-electron chi connectivity index (χ1n) is 4.58. The van der Waals surface area contributed by atoms with E-state index >= 15 is 0 Å². The molecule has 0 aromatic heterocycles. The minimum absolute atomic E-state index is 0.166. The molecule has 70 valence electrons. The SMILES string of the molecule is CC1C=CC=C2C=C(F)C(F)CC21. The van der Waals surface area contributed by atoms with E-state index in [2.05, 4.69) is 0 Å². The quantitative estimate of drug-likeness (QED) is 0.539. The molecule has 0 saturated heterocycles. The minimum Gasteiger partial charge on any atom is -0.240 e. The van der Waals surface area contributed by atoms with E-state index in [1.165, 1.54) is 6.08 Å². The van der Waals surface area contributed by atoms with Crippen molar-refractivity contribution in [3.8, 4) is 0 Å². The van der Waals surface area contributed by atoms with Crippen molar-refractivity contribution in [1.82, 2.24) is 0 Å². The van der Waals surface area contributed by atoms with Crippen molar-refractivity contribution in [2.24, 2.45) is 11.8 Å². The summed E-state index contributed by atoms with van der Waals surface area (Å²) in [7, 11) is 0. The summed E-state index contributed by atoms with van der Waals surface area (Å²) in [5, 5.41) is 0. The Morgan fingerprint density at radius 3 is 3.00 bits per heavy atom. The highest BCUT2D eigenvalue weighted by Crippen LogP contribution is 2.38. The van der Waals surface area contributed by atoms with Crippen molar-refractivity contribution in [3.63, 3.8) is 0 Å². The standard InChI is InChI=1S/C11H12F2/c1-7-3-2-4-8-5-10(12)11(13)6-9(7)8/h2-5,7,9,11H,6H2,1H3. The van der Waals surface area contributed by atoms with Gasteiger partial charge in [0.2, 0.25) is 0 Å². The molecule has 0 aliphatic heterocycles. The summed E-state index contributed by atoms with van der Waals surface area (Å²) in [6.07, 6.45) is 6.07. The molecule has 0 aromatic rings. The van der Waals surface area contributed by atoms with E-state index in [0.717, 1.165) is 5.57 Å². The maximum absolute atomic E-state index is 13.0. The molecule has 13 heavy (non-hydrogen) atoms. The van der Waals surface area contributed by atoms with Gasteiger partial charge in [-0.3, -0.25) is 0 Å². The van der Waals surface area contributed by atoms with E-state index in [-0.39, 0.29) is 5.92 Å². The maximum Gasteiger partial charge on any atom is 0.152 e. The van der Waals surface area contributed by atoms with E-state index in [1.54, 1.807) is 0 Å². The Labute approximate surface area is 76.6 Å². The Hall–Kier alpha value is -0.920. The minimum atomic E-state index is -1.39. The van der Waals surface area contributed by atoms with Gasteiger partial charge >= 0.3 is 0 Å². The smallest absolute Gasteiger partial charge is 0.152 e. The molecule has 2 aliphatic rings. The van der Waals surface area contributed by atoms with Gasteiger partial charge < -0.3 is 0 Å². The highest BCUT2D eigenvalue weighted by molar-refractivity contribution is 5.36. The molecule has 0 N–H and O–H groups in total. The van der Waals surface area contributed by atoms with Crippen LogP contribution in [0.2, 0.25) is 0 Å². The van der Waals surface area contributed by atoms with Crippen molar-refractivity contribution in [2.75, 3.05) is 0 Å². The third-order valence-electron chi connectivity index (χ3n) is 2.83. The molecule has 0 spiro atoms. The Morgan fingerprint density at radius 1 is 1.46 bits per heavy atom. The fourth-order valence-electron chi connectivity index (χ4n) is 1.99. The molecule has 2 rings (SSSR count). The molecule has 0 amide bonds. The van der Waals surface area contributed by atoms with Crippen LogP contribution in [-0.4, -0.2) is 6.17 Å². The highest BCUT2D eigenvalue weighted by Gasteiger charge is 2.31. The summed E-state index contributed by atoms with van der Waals surface area (Å²) in [6.45, 7) is 2.04. The van der Waals surface area contributed by atoms with Gasteiger partial charge in [0.25, 0.3) is 0 Å². The number of fused-ring (bicyclic) bond motifs is 1. The Balaban J connectivity index is 2.33. The van der Waals surface area contributed by atoms with Crippen LogP contribution in [0.25, 0.3) is 0 Å². The van der Waals surface area contributed by atoms with Gasteiger partial charge in [0.15, 0.2) is 6.17 Å². The van der Waals surface area contributed by atoms with Crippen LogP contribution in [0.15, 0.2) is 35.7 Å². The zero-order valence-electron chi connectivity index (χ0n) is 7.50. The van der Waals surface area contributed by atoms with Crippen molar-refractivity contribution < 1.29 is 8.78 Å². The van der Waals surface area contributed by atoms with Crippen LogP contribution in [-0.2, 0) is 0 Å². The zero-order chi connectivity index (χ0) is 9.42. The van der Waals surface area contributed by atoms with Gasteiger partial charge in [-0.15, -0.1) is 0 Å². The van der Waals surface area contributed by atoms with E-state index in [9.17, 15) is 8.78 Å². The first-order chi connectivity index (χ1) is 6.18. The van der Waals surface area contributed by atoms with Gasteiger partial charge in [0.1, 0.15) is 5.83 Å². The van der Waals surface area contributed by atoms with Crippen LogP contribution in [0, 0.1) is 11.8 Å². The van der Waals surface area contributed by atoms with Crippen molar-refractivity contribution >= 4 is 0 Å². The average Bonchev–Trinajstić information content (AvgIpc) is 2.09. The summed E-state index contributed by atoms with van der Waals surface area (Å²) in [4.78, 5) is 0. The summed E-state index contributed by atoms with van der Waals surface area (Å²) >= 11 is 0. The summed E-state index contributed by atoms with van der Waals surface area (Å²) in [6, 6.07) is 0. The van der Waals surface area contributed by atoms with Gasteiger partial charge in [-0.1, -0.05) is 25.2 Å². The second kappa shape index (κ2) is 3.09. The van der Waals surface area contributed by atoms with E-state index in [0.29, 0.717) is 12.3 Å². The van der Waals surface area contributed by atoms with E-state index < -0.39 is 12.0 Å². The maximum atomic E-state index is 13.0. The van der Waals surface area contributed by atoms with Gasteiger partial charge in [-0.2, -0.15) is 0 Å². The van der Waals surface area contributed by atoms with Crippen LogP contribution in [0.5, 0.6) is 0 Å². The lowest BCUT2D eigenvalue weighted by atomic mass is 9.77. The van der Waals surface area contributed by atoms with Crippen LogP contribution in [0.3, 0.4) is 0 Å². The summed E-state index contributed by atoms with van der Waals surface area (Å²) < 4.78 is 25.9. The summed E-state index contributed by atoms with van der Waals surface area (Å²) in [5.41, 5.74) is 0.932. The predicted molar refractivity (Wildman–Crippen MR) is 48.6 cm³/mol. The number of hydrogen-bond donors (Lipinski definition) is 0. The van der Waals surface area contributed by atoms with Crippen molar-refractivity contribution in [3.05, 3.63) is 35.7 Å². The van der Waals surface area contributed by atoms with Gasteiger partial charge in [0, 0.05) is 0 Å². The molecule has 0 bridgehead atoms. The molecular weight excluding hydrogens is 170 g/mol. The molecule has 3 atom stereocenters. The van der Waals surface area contributed by atoms with Crippen molar-refractivity contribution in [1.29, 1.82) is 0 Å². The lowest BCUT2D eigenvalue weighted by Crippen LogP contribution is -2.23. The van der Waals surface area contributed by atoms with E-state index in [4.69, 9.17) is 0 Å². The van der Waals surface area contributed by atoms with Gasteiger partial charge in [0.05, 0.1) is 0 Å². The third kappa shape index (κ3) is 1.45. The Morgan fingerprint density at radius 2 is 2.23 bits per heavy atom. The molecule has 0 radical (unpaired) electrons. The first kappa shape index (κ1) is 8.67. The number of hydrogen-bond acceptors (Lipinski definition) is 0. The average molecular weight is 182 g/mol. The molecule has 2 heteroatoms. The molecule has 0 saturated carbocycles. The van der Waals surface area contributed by atoms with Gasteiger partial charge in [-0.25, -0.2) is 8.78 Å². The molecule has 0 aromatic carbocycles. The number of halogens is 2. The second-order valence-electron chi connectivity index (χ2n) is 3.75. The molecule has 2 aliphatic carbocycles. The molecule has 3 unspecified atom stereocenters. The van der Waals surface area contributed by atoms with Gasteiger partial charge in [-0.05, 0) is 29.9 Å².